The molecule has 0 saturated heterocycles. The van der Waals surface area contributed by atoms with Crippen molar-refractivity contribution in [2.75, 3.05) is 13.2 Å². The molecule has 0 N–H and O–H groups in total. The normalized spacial score (nSPS) is 13.0. The van der Waals surface area contributed by atoms with E-state index in [0.29, 0.717) is 19.3 Å². The summed E-state index contributed by atoms with van der Waals surface area (Å²) in [5.74, 6) is -0.945. The first-order chi connectivity index (χ1) is 40.0. The Bertz CT molecular complexity index is 1720. The highest BCUT2D eigenvalue weighted by Gasteiger charge is 2.19. The van der Waals surface area contributed by atoms with E-state index in [1.165, 1.54) is 128 Å². The fraction of sp³-hybridized carbons (Fsp3) is 0.667. The Morgan fingerprint density at radius 3 is 0.778 bits per heavy atom. The molecule has 0 heterocycles. The predicted octanol–water partition coefficient (Wildman–Crippen LogP) is 23.3. The lowest BCUT2D eigenvalue weighted by molar-refractivity contribution is -0.167. The molecule has 0 saturated carbocycles. The number of unbranched alkanes of at least 4 members (excludes halogenated alkanes) is 27. The third-order valence-electron chi connectivity index (χ3n) is 14.1. The van der Waals surface area contributed by atoms with Gasteiger partial charge in [0.1, 0.15) is 13.2 Å². The number of allylic oxidation sites excluding steroid dienone is 22. The zero-order valence-corrected chi connectivity index (χ0v) is 52.8. The average Bonchev–Trinajstić information content (AvgIpc) is 3.47. The van der Waals surface area contributed by atoms with Gasteiger partial charge < -0.3 is 14.2 Å². The summed E-state index contributed by atoms with van der Waals surface area (Å²) in [5, 5.41) is 0. The SMILES string of the molecule is CC/C=C\C/C=C\C/C=C\C/C=C\C/C=C\C/C=C\C/C=C\CCCCCC(=O)OCC(COC(=O)CCCCCCCCC/C=C\CCCCCCCC)OC(=O)CCCCCCCC/C=C\C/C=C\C/C=C\CCCCCCC. The molecule has 0 fully saturated rings. The summed E-state index contributed by atoms with van der Waals surface area (Å²) in [6, 6.07) is 0. The molecule has 1 atom stereocenters. The highest BCUT2D eigenvalue weighted by molar-refractivity contribution is 5.71. The number of rotatable bonds is 60. The third kappa shape index (κ3) is 66.2. The Labute approximate surface area is 500 Å². The van der Waals surface area contributed by atoms with E-state index in [4.69, 9.17) is 14.2 Å². The molecule has 0 bridgehead atoms. The van der Waals surface area contributed by atoms with Gasteiger partial charge in [-0.15, -0.1) is 0 Å². The first-order valence-corrected chi connectivity index (χ1v) is 33.7. The van der Waals surface area contributed by atoms with Crippen molar-refractivity contribution in [3.8, 4) is 0 Å². The first kappa shape index (κ1) is 76.5. The summed E-state index contributed by atoms with van der Waals surface area (Å²) in [6.07, 6.45) is 95.9. The molecule has 6 heteroatoms. The van der Waals surface area contributed by atoms with Gasteiger partial charge in [0, 0.05) is 19.3 Å². The molecule has 0 spiro atoms. The molecule has 0 amide bonds. The fourth-order valence-corrected chi connectivity index (χ4v) is 9.07. The zero-order chi connectivity index (χ0) is 58.5. The van der Waals surface area contributed by atoms with Crippen LogP contribution < -0.4 is 0 Å². The number of ether oxygens (including phenoxy) is 3. The smallest absolute Gasteiger partial charge is 0.306 e. The van der Waals surface area contributed by atoms with E-state index in [9.17, 15) is 14.4 Å². The van der Waals surface area contributed by atoms with Crippen LogP contribution in [0.4, 0.5) is 0 Å². The van der Waals surface area contributed by atoms with E-state index in [0.717, 1.165) is 135 Å². The summed E-state index contributed by atoms with van der Waals surface area (Å²) in [5.41, 5.74) is 0. The van der Waals surface area contributed by atoms with Gasteiger partial charge in [-0.1, -0.05) is 276 Å². The van der Waals surface area contributed by atoms with Crippen LogP contribution in [0.5, 0.6) is 0 Å². The number of hydrogen-bond acceptors (Lipinski definition) is 6. The standard InChI is InChI=1S/C75H124O6/c1-4-7-10-13-16-19-22-25-28-31-33-35-36-37-38-40-41-44-47-50-53-56-59-62-65-68-74(77)80-71-72(70-79-73(76)67-64-61-58-55-52-49-46-43-30-27-24-21-18-15-12-9-6-3)81-75(78)69-66-63-60-57-54-51-48-45-42-39-34-32-29-26-23-20-17-14-11-8-5-2/h7,10,16,19,23,25-28,30,32-35,37-38,41-42,44-45,50,53,72H,4-6,8-9,11-15,17-18,20-22,24,29,31,36,39-40,43,46-49,51-52,54-71H2,1-3H3/b10-7-,19-16-,26-23-,28-25-,30-27-,34-32-,35-33-,38-37-,44-41-,45-42-,53-50-. The van der Waals surface area contributed by atoms with E-state index in [2.05, 4.69) is 154 Å². The van der Waals surface area contributed by atoms with E-state index in [-0.39, 0.29) is 31.1 Å². The van der Waals surface area contributed by atoms with Gasteiger partial charge in [-0.3, -0.25) is 14.4 Å². The minimum Gasteiger partial charge on any atom is -0.462 e. The van der Waals surface area contributed by atoms with Crippen molar-refractivity contribution < 1.29 is 28.6 Å². The van der Waals surface area contributed by atoms with Gasteiger partial charge >= 0.3 is 17.9 Å². The molecule has 0 rings (SSSR count). The highest BCUT2D eigenvalue weighted by Crippen LogP contribution is 2.15. The van der Waals surface area contributed by atoms with Crippen LogP contribution in [0, 0.1) is 0 Å². The van der Waals surface area contributed by atoms with Crippen LogP contribution in [-0.4, -0.2) is 37.2 Å². The van der Waals surface area contributed by atoms with Crippen LogP contribution >= 0.6 is 0 Å². The molecule has 1 unspecified atom stereocenters. The lowest BCUT2D eigenvalue weighted by Crippen LogP contribution is -2.30. The molecular formula is C75H124O6. The Hall–Kier alpha value is -4.45. The van der Waals surface area contributed by atoms with Crippen LogP contribution in [0.3, 0.4) is 0 Å². The van der Waals surface area contributed by atoms with Crippen LogP contribution in [0.25, 0.3) is 0 Å². The summed E-state index contributed by atoms with van der Waals surface area (Å²) in [6.45, 7) is 6.49. The minimum atomic E-state index is -0.808. The van der Waals surface area contributed by atoms with Gasteiger partial charge in [0.25, 0.3) is 0 Å². The molecule has 0 aliphatic carbocycles. The van der Waals surface area contributed by atoms with Crippen LogP contribution in [0.2, 0.25) is 0 Å². The maximum Gasteiger partial charge on any atom is 0.306 e. The van der Waals surface area contributed by atoms with Crippen molar-refractivity contribution in [2.24, 2.45) is 0 Å². The molecule has 0 aliphatic heterocycles. The second-order valence-corrected chi connectivity index (χ2v) is 22.0. The number of carbonyl (C=O) groups is 3. The van der Waals surface area contributed by atoms with Crippen molar-refractivity contribution in [1.29, 1.82) is 0 Å². The van der Waals surface area contributed by atoms with Gasteiger partial charge in [-0.2, -0.15) is 0 Å². The molecule has 6 nitrogen and oxygen atoms in total. The van der Waals surface area contributed by atoms with Gasteiger partial charge in [0.15, 0.2) is 6.10 Å². The molecule has 0 aliphatic rings. The monoisotopic (exact) mass is 1120 g/mol. The molecular weight excluding hydrogens is 997 g/mol. The van der Waals surface area contributed by atoms with Crippen LogP contribution in [0.1, 0.15) is 303 Å². The van der Waals surface area contributed by atoms with Crippen LogP contribution in [0.15, 0.2) is 134 Å². The largest absolute Gasteiger partial charge is 0.462 e. The van der Waals surface area contributed by atoms with Crippen LogP contribution in [-0.2, 0) is 28.6 Å². The topological polar surface area (TPSA) is 78.9 Å². The number of carbonyl (C=O) groups excluding carboxylic acids is 3. The molecule has 0 aromatic rings. The van der Waals surface area contributed by atoms with Crippen molar-refractivity contribution in [3.63, 3.8) is 0 Å². The average molecular weight is 1120 g/mol. The lowest BCUT2D eigenvalue weighted by atomic mass is 10.1. The molecule has 81 heavy (non-hydrogen) atoms. The Morgan fingerprint density at radius 1 is 0.259 bits per heavy atom. The van der Waals surface area contributed by atoms with E-state index in [1.807, 2.05) is 0 Å². The molecule has 460 valence electrons. The number of hydrogen-bond donors (Lipinski definition) is 0. The summed E-state index contributed by atoms with van der Waals surface area (Å²) in [7, 11) is 0. The van der Waals surface area contributed by atoms with Crippen molar-refractivity contribution in [1.82, 2.24) is 0 Å². The van der Waals surface area contributed by atoms with Gasteiger partial charge in [0.2, 0.25) is 0 Å². The summed E-state index contributed by atoms with van der Waals surface area (Å²) < 4.78 is 16.9. The van der Waals surface area contributed by atoms with Gasteiger partial charge in [-0.25, -0.2) is 0 Å². The first-order valence-electron chi connectivity index (χ1n) is 33.7. The second-order valence-electron chi connectivity index (χ2n) is 22.0. The third-order valence-corrected chi connectivity index (χ3v) is 14.1. The lowest BCUT2D eigenvalue weighted by Gasteiger charge is -2.18. The van der Waals surface area contributed by atoms with Crippen molar-refractivity contribution in [2.45, 2.75) is 309 Å². The van der Waals surface area contributed by atoms with E-state index in [1.54, 1.807) is 0 Å². The maximum absolute atomic E-state index is 12.9. The summed E-state index contributed by atoms with van der Waals surface area (Å²) >= 11 is 0. The maximum atomic E-state index is 12.9. The Balaban J connectivity index is 4.50. The Morgan fingerprint density at radius 2 is 0.481 bits per heavy atom. The molecule has 0 radical (unpaired) electrons. The quantitative estimate of drug-likeness (QED) is 0.0261. The van der Waals surface area contributed by atoms with Gasteiger partial charge in [0.05, 0.1) is 0 Å². The second kappa shape index (κ2) is 68.1. The predicted molar refractivity (Wildman–Crippen MR) is 353 cm³/mol. The van der Waals surface area contributed by atoms with Crippen molar-refractivity contribution >= 4 is 17.9 Å². The number of esters is 3. The minimum absolute atomic E-state index is 0.0997. The zero-order valence-electron chi connectivity index (χ0n) is 52.8. The molecule has 0 aromatic carbocycles. The fourth-order valence-electron chi connectivity index (χ4n) is 9.07. The molecule has 0 aromatic heterocycles. The van der Waals surface area contributed by atoms with E-state index < -0.39 is 6.10 Å². The van der Waals surface area contributed by atoms with Gasteiger partial charge in [-0.05, 0) is 141 Å². The van der Waals surface area contributed by atoms with Crippen molar-refractivity contribution in [3.05, 3.63) is 134 Å². The van der Waals surface area contributed by atoms with E-state index >= 15 is 0 Å². The Kier molecular flexibility index (Phi) is 64.3. The summed E-state index contributed by atoms with van der Waals surface area (Å²) in [4.78, 5) is 38.4. The highest BCUT2D eigenvalue weighted by atomic mass is 16.6.